The van der Waals surface area contributed by atoms with Gasteiger partial charge in [-0.05, 0) is 67.0 Å². The van der Waals surface area contributed by atoms with Gasteiger partial charge in [-0.2, -0.15) is 13.2 Å². The van der Waals surface area contributed by atoms with Crippen molar-refractivity contribution in [2.24, 2.45) is 11.8 Å². The number of halogens is 3. The van der Waals surface area contributed by atoms with E-state index in [-0.39, 0.29) is 47.5 Å². The van der Waals surface area contributed by atoms with Crippen molar-refractivity contribution in [2.75, 3.05) is 19.0 Å². The Labute approximate surface area is 329 Å². The molecule has 0 saturated heterocycles. The smallest absolute Gasteiger partial charge is 0.371 e. The van der Waals surface area contributed by atoms with Gasteiger partial charge in [0.1, 0.15) is 16.8 Å². The van der Waals surface area contributed by atoms with Crippen LogP contribution in [0.25, 0.3) is 0 Å². The van der Waals surface area contributed by atoms with Crippen LogP contribution in [0.5, 0.6) is 0 Å². The summed E-state index contributed by atoms with van der Waals surface area (Å²) in [5, 5.41) is 7.00. The number of anilines is 1. The van der Waals surface area contributed by atoms with Gasteiger partial charge in [-0.15, -0.1) is 11.3 Å². The van der Waals surface area contributed by atoms with Crippen LogP contribution in [0.3, 0.4) is 0 Å². The number of aromatic nitrogens is 1. The number of rotatable bonds is 16. The van der Waals surface area contributed by atoms with Crippen LogP contribution in [0.15, 0.2) is 58.8 Å². The molecule has 0 bridgehead atoms. The van der Waals surface area contributed by atoms with E-state index < -0.39 is 56.4 Å². The van der Waals surface area contributed by atoms with Gasteiger partial charge in [0.25, 0.3) is 15.9 Å². The molecule has 1 saturated carbocycles. The number of alkyl halides is 3. The average Bonchev–Trinajstić information content (AvgIpc) is 3.64. The molecule has 4 amide bonds. The first-order chi connectivity index (χ1) is 26.3. The molecule has 0 spiro atoms. The molecule has 17 heteroatoms. The first kappa shape index (κ1) is 42.8. The lowest BCUT2D eigenvalue weighted by Gasteiger charge is -2.34. The third-order valence-electron chi connectivity index (χ3n) is 10.7. The van der Waals surface area contributed by atoms with E-state index in [0.29, 0.717) is 36.4 Å². The molecule has 2 aliphatic rings. The van der Waals surface area contributed by atoms with Crippen LogP contribution in [0.1, 0.15) is 111 Å². The molecule has 56 heavy (non-hydrogen) atoms. The third-order valence-corrected chi connectivity index (χ3v) is 13.0. The van der Waals surface area contributed by atoms with E-state index in [1.54, 1.807) is 33.8 Å². The summed E-state index contributed by atoms with van der Waals surface area (Å²) in [5.41, 5.74) is 0.478. The molecule has 1 heterocycles. The molecule has 5 rings (SSSR count). The minimum atomic E-state index is -5.13. The summed E-state index contributed by atoms with van der Waals surface area (Å²) in [5.74, 6) is -4.12. The van der Waals surface area contributed by atoms with Crippen LogP contribution in [0.2, 0.25) is 0 Å². The molecule has 2 aromatic carbocycles. The fourth-order valence-corrected chi connectivity index (χ4v) is 9.18. The van der Waals surface area contributed by atoms with Gasteiger partial charge in [0.15, 0.2) is 0 Å². The summed E-state index contributed by atoms with van der Waals surface area (Å²) in [6.45, 7) is 10.5. The van der Waals surface area contributed by atoms with Crippen molar-refractivity contribution in [3.8, 4) is 0 Å². The largest absolute Gasteiger partial charge is 0.471 e. The number of ether oxygens (including phenoxy) is 1. The number of sulfonamides is 1. The zero-order valence-electron chi connectivity index (χ0n) is 32.1. The predicted octanol–water partition coefficient (Wildman–Crippen LogP) is 6.68. The highest BCUT2D eigenvalue weighted by Gasteiger charge is 2.61. The quantitative estimate of drug-likeness (QED) is 0.144. The minimum Gasteiger partial charge on any atom is -0.371 e. The third kappa shape index (κ3) is 9.60. The summed E-state index contributed by atoms with van der Waals surface area (Å²) in [7, 11) is -2.66. The molecule has 1 aromatic heterocycles. The van der Waals surface area contributed by atoms with E-state index in [4.69, 9.17) is 4.74 Å². The topological polar surface area (TPSA) is 164 Å². The highest BCUT2D eigenvalue weighted by atomic mass is 32.2. The van der Waals surface area contributed by atoms with E-state index >= 15 is 0 Å². The van der Waals surface area contributed by atoms with Gasteiger partial charge >= 0.3 is 12.1 Å². The molecule has 12 nitrogen and oxygen atoms in total. The van der Waals surface area contributed by atoms with E-state index in [1.165, 1.54) is 11.3 Å². The minimum absolute atomic E-state index is 0.0673. The highest BCUT2D eigenvalue weighted by Crippen LogP contribution is 2.61. The zero-order chi connectivity index (χ0) is 41.2. The first-order valence-electron chi connectivity index (χ1n) is 18.6. The van der Waals surface area contributed by atoms with Gasteiger partial charge < -0.3 is 20.3 Å². The first-order valence-corrected chi connectivity index (χ1v) is 20.9. The molecule has 2 aliphatic carbocycles. The van der Waals surface area contributed by atoms with Crippen LogP contribution in [0, 0.1) is 11.8 Å². The Hall–Kier alpha value is -4.35. The number of carbonyl (C=O) groups is 4. The maximum Gasteiger partial charge on any atom is 0.471 e. The number of hydrogen-bond donors (Lipinski definition) is 3. The van der Waals surface area contributed by atoms with Crippen molar-refractivity contribution in [1.82, 2.24) is 19.9 Å². The van der Waals surface area contributed by atoms with Crippen LogP contribution in [-0.2, 0) is 29.1 Å². The molecule has 3 N–H and O–H groups in total. The number of carbonyl (C=O) groups excluding carboxylic acids is 4. The second-order valence-electron chi connectivity index (χ2n) is 15.0. The Balaban J connectivity index is 1.30. The van der Waals surface area contributed by atoms with Crippen LogP contribution in [-0.4, -0.2) is 73.3 Å². The molecule has 304 valence electrons. The molecular formula is C39H48F3N5O7S2. The van der Waals surface area contributed by atoms with Crippen molar-refractivity contribution in [3.05, 3.63) is 75.7 Å². The van der Waals surface area contributed by atoms with E-state index in [1.807, 2.05) is 20.0 Å². The average molecular weight is 820 g/mol. The van der Waals surface area contributed by atoms with Gasteiger partial charge in [-0.25, -0.2) is 18.1 Å². The van der Waals surface area contributed by atoms with Crippen LogP contribution < -0.4 is 15.4 Å². The summed E-state index contributed by atoms with van der Waals surface area (Å²) in [6, 6.07) is 10.9. The zero-order valence-corrected chi connectivity index (χ0v) is 33.7. The summed E-state index contributed by atoms with van der Waals surface area (Å²) in [4.78, 5) is 58.0. The van der Waals surface area contributed by atoms with Crippen molar-refractivity contribution in [1.29, 1.82) is 0 Å². The summed E-state index contributed by atoms with van der Waals surface area (Å²) >= 11 is 1.29. The molecular weight excluding hydrogens is 772 g/mol. The van der Waals surface area contributed by atoms with Crippen molar-refractivity contribution < 1.29 is 45.5 Å². The molecule has 0 aliphatic heterocycles. The summed E-state index contributed by atoms with van der Waals surface area (Å²) < 4.78 is 72.6. The van der Waals surface area contributed by atoms with Crippen molar-refractivity contribution in [3.63, 3.8) is 0 Å². The van der Waals surface area contributed by atoms with Gasteiger partial charge in [-0.1, -0.05) is 58.4 Å². The van der Waals surface area contributed by atoms with Crippen molar-refractivity contribution >= 4 is 50.7 Å². The van der Waals surface area contributed by atoms with Crippen LogP contribution in [0.4, 0.5) is 18.9 Å². The standard InChI is InChI=1S/C39H48F3N5O7S2/c1-7-23(5)17-33(48)47(6)31(22(3)4)18-32(54-8-2)36-44-30(21-55-36)35(50)45-38-19-28(26-11-9-10-12-27(26)29(38)20-38)34(49)46-56(52,53)25-15-13-24(14-16-25)43-37(51)39(40,41)42/h9-16,21-23,28-29,31-32H,7-8,17-20H2,1-6H3,(H,43,51)(H,45,50)(H,46,49)/t23-,28+,29?,31+,32+,38?/m0/s1. The molecule has 3 aromatic rings. The normalized spacial score (nSPS) is 20.5. The van der Waals surface area contributed by atoms with Gasteiger partial charge in [0, 0.05) is 55.1 Å². The lowest BCUT2D eigenvalue weighted by atomic mass is 9.79. The number of nitrogens with zero attached hydrogens (tertiary/aromatic N) is 2. The number of hydrogen-bond acceptors (Lipinski definition) is 9. The van der Waals surface area contributed by atoms with Crippen molar-refractivity contribution in [2.45, 2.75) is 107 Å². The second kappa shape index (κ2) is 17.0. The number of nitrogens with one attached hydrogen (secondary N) is 3. The fourth-order valence-electron chi connectivity index (χ4n) is 7.30. The molecule has 1 fully saturated rings. The highest BCUT2D eigenvalue weighted by molar-refractivity contribution is 7.90. The Morgan fingerprint density at radius 2 is 1.68 bits per heavy atom. The molecule has 6 atom stereocenters. The Morgan fingerprint density at radius 3 is 2.29 bits per heavy atom. The number of fused-ring (bicyclic) bond motifs is 3. The monoisotopic (exact) mass is 819 g/mol. The van der Waals surface area contributed by atoms with E-state index in [0.717, 1.165) is 36.2 Å². The molecule has 2 unspecified atom stereocenters. The summed E-state index contributed by atoms with van der Waals surface area (Å²) in [6.07, 6.45) is -3.12. The maximum absolute atomic E-state index is 13.8. The van der Waals surface area contributed by atoms with E-state index in [9.17, 15) is 40.8 Å². The van der Waals surface area contributed by atoms with Gasteiger partial charge in [-0.3, -0.25) is 19.2 Å². The van der Waals surface area contributed by atoms with E-state index in [2.05, 4.69) is 42.7 Å². The fraction of sp³-hybridized carbons (Fsp3) is 0.513. The lowest BCUT2D eigenvalue weighted by molar-refractivity contribution is -0.167. The lowest BCUT2D eigenvalue weighted by Crippen LogP contribution is -2.45. The second-order valence-corrected chi connectivity index (χ2v) is 17.6. The SMILES string of the molecule is CCO[C@H](C[C@H](C(C)C)N(C)C(=O)C[C@@H](C)CC)c1nc(C(=O)NC23CC2c2ccccc2[C@H](C(=O)NS(=O)(=O)c2ccc(NC(=O)C(F)(F)F)cc2)C3)cs1. The predicted molar refractivity (Wildman–Crippen MR) is 204 cm³/mol. The number of thiazole rings is 1. The number of benzene rings is 2. The van der Waals surface area contributed by atoms with Crippen LogP contribution >= 0.6 is 11.3 Å². The Bertz CT molecular complexity index is 2040. The van der Waals surface area contributed by atoms with Gasteiger partial charge in [0.05, 0.1) is 10.8 Å². The Kier molecular flexibility index (Phi) is 13.0. The van der Waals surface area contributed by atoms with Gasteiger partial charge in [0.2, 0.25) is 11.8 Å². The Morgan fingerprint density at radius 1 is 1.02 bits per heavy atom. The number of amides is 4. The molecule has 0 radical (unpaired) electrons. The maximum atomic E-state index is 13.8.